The van der Waals surface area contributed by atoms with Crippen LogP contribution in [-0.2, 0) is 26.6 Å². The number of ether oxygens (including phenoxy) is 1. The molecule has 2 aliphatic rings. The summed E-state index contributed by atoms with van der Waals surface area (Å²) in [6, 6.07) is 0.977. The highest BCUT2D eigenvalue weighted by molar-refractivity contribution is 7.89. The number of hydrogen-bond acceptors (Lipinski definition) is 6. The minimum Gasteiger partial charge on any atom is -0.379 e. The molecule has 0 unspecified atom stereocenters. The summed E-state index contributed by atoms with van der Waals surface area (Å²) in [5, 5.41) is 8.23. The van der Waals surface area contributed by atoms with Gasteiger partial charge in [-0.05, 0) is 19.3 Å². The molecule has 0 aliphatic carbocycles. The van der Waals surface area contributed by atoms with Gasteiger partial charge in [-0.2, -0.15) is 14.9 Å². The fourth-order valence-electron chi connectivity index (χ4n) is 3.49. The number of hydrogen-bond donors (Lipinski definition) is 1. The molecular formula is C16H22N6O4S. The van der Waals surface area contributed by atoms with Crippen molar-refractivity contribution in [2.24, 2.45) is 7.05 Å². The molecular weight excluding hydrogens is 372 g/mol. The van der Waals surface area contributed by atoms with Crippen molar-refractivity contribution >= 4 is 21.7 Å². The van der Waals surface area contributed by atoms with Crippen LogP contribution in [0.1, 0.15) is 25.3 Å². The lowest BCUT2D eigenvalue weighted by Gasteiger charge is -2.32. The molecule has 1 amide bonds. The molecule has 1 N–H and O–H groups in total. The highest BCUT2D eigenvalue weighted by Crippen LogP contribution is 2.23. The number of nitrogens with one attached hydrogen (secondary N) is 1. The predicted molar refractivity (Wildman–Crippen MR) is 95.6 cm³/mol. The van der Waals surface area contributed by atoms with Crippen LogP contribution in [0, 0.1) is 0 Å². The van der Waals surface area contributed by atoms with Gasteiger partial charge in [0, 0.05) is 32.5 Å². The number of aromatic nitrogens is 4. The van der Waals surface area contributed by atoms with Crippen LogP contribution < -0.4 is 9.62 Å². The average molecular weight is 394 g/mol. The van der Waals surface area contributed by atoms with E-state index in [9.17, 15) is 13.2 Å². The molecule has 146 valence electrons. The van der Waals surface area contributed by atoms with Crippen molar-refractivity contribution in [1.82, 2.24) is 24.3 Å². The largest absolute Gasteiger partial charge is 0.379 e. The number of carbonyl (C=O) groups is 1. The van der Waals surface area contributed by atoms with Gasteiger partial charge in [-0.25, -0.2) is 8.42 Å². The molecule has 10 nitrogen and oxygen atoms in total. The van der Waals surface area contributed by atoms with Crippen molar-refractivity contribution in [3.05, 3.63) is 24.7 Å². The number of rotatable bonds is 5. The third-order valence-corrected chi connectivity index (χ3v) is 6.40. The Kier molecular flexibility index (Phi) is 4.74. The van der Waals surface area contributed by atoms with E-state index < -0.39 is 16.1 Å². The van der Waals surface area contributed by atoms with Gasteiger partial charge in [0.15, 0.2) is 0 Å². The van der Waals surface area contributed by atoms with Gasteiger partial charge >= 0.3 is 0 Å². The van der Waals surface area contributed by atoms with Gasteiger partial charge in [0.25, 0.3) is 0 Å². The van der Waals surface area contributed by atoms with Crippen molar-refractivity contribution in [1.29, 1.82) is 0 Å². The van der Waals surface area contributed by atoms with Crippen molar-refractivity contribution in [3.8, 4) is 0 Å². The van der Waals surface area contributed by atoms with Gasteiger partial charge < -0.3 is 4.74 Å². The monoisotopic (exact) mass is 394 g/mol. The molecule has 0 bridgehead atoms. The van der Waals surface area contributed by atoms with Gasteiger partial charge in [-0.3, -0.25) is 19.1 Å². The first-order chi connectivity index (χ1) is 13.0. The second kappa shape index (κ2) is 7.06. The zero-order valence-electron chi connectivity index (χ0n) is 15.0. The first-order valence-electron chi connectivity index (χ1n) is 8.89. The molecule has 0 saturated carbocycles. The van der Waals surface area contributed by atoms with Crippen LogP contribution in [0.25, 0.3) is 0 Å². The molecule has 4 heterocycles. The summed E-state index contributed by atoms with van der Waals surface area (Å²) in [6.07, 6.45) is 6.37. The van der Waals surface area contributed by atoms with Crippen LogP contribution in [0.15, 0.2) is 29.6 Å². The number of piperidine rings is 1. The summed E-state index contributed by atoms with van der Waals surface area (Å²) in [7, 11) is -2.10. The van der Waals surface area contributed by atoms with E-state index in [1.54, 1.807) is 33.6 Å². The molecule has 0 aromatic carbocycles. The van der Waals surface area contributed by atoms with Crippen molar-refractivity contribution < 1.29 is 17.9 Å². The van der Waals surface area contributed by atoms with Crippen LogP contribution in [0.3, 0.4) is 0 Å². The predicted octanol–water partition coefficient (Wildman–Crippen LogP) is 0.0519. The van der Waals surface area contributed by atoms with E-state index in [0.29, 0.717) is 38.4 Å². The van der Waals surface area contributed by atoms with Crippen LogP contribution >= 0.6 is 0 Å². The van der Waals surface area contributed by atoms with Crippen molar-refractivity contribution in [2.45, 2.75) is 36.2 Å². The summed E-state index contributed by atoms with van der Waals surface area (Å²) in [5.41, 5.74) is 0. The second-order valence-corrected chi connectivity index (χ2v) is 8.51. The Morgan fingerprint density at radius 1 is 1.30 bits per heavy atom. The second-order valence-electron chi connectivity index (χ2n) is 6.79. The van der Waals surface area contributed by atoms with Crippen LogP contribution in [0.5, 0.6) is 0 Å². The van der Waals surface area contributed by atoms with E-state index in [-0.39, 0.29) is 16.8 Å². The molecule has 2 saturated heterocycles. The third kappa shape index (κ3) is 3.49. The first kappa shape index (κ1) is 18.1. The summed E-state index contributed by atoms with van der Waals surface area (Å²) in [6.45, 7) is 1.71. The SMILES string of the molecule is Cn1nccc1N1CCC[C@H](NS(=O)(=O)c2cnn([C@H]3CCOC3)c2)C1=O. The van der Waals surface area contributed by atoms with Gasteiger partial charge in [0.05, 0.1) is 25.0 Å². The number of nitrogens with zero attached hydrogens (tertiary/aromatic N) is 5. The van der Waals surface area contributed by atoms with Crippen LogP contribution in [0.4, 0.5) is 5.82 Å². The standard InChI is InChI=1S/C16H22N6O4S/c1-20-15(4-6-17-20)21-7-2-3-14(16(21)23)19-27(24,25)13-9-18-22(10-13)12-5-8-26-11-12/h4,6,9-10,12,14,19H,2-3,5,7-8,11H2,1H3/t12-,14-/m0/s1. The normalized spacial score (nSPS) is 23.9. The average Bonchev–Trinajstić information content (AvgIpc) is 3.37. The molecule has 4 rings (SSSR count). The van der Waals surface area contributed by atoms with E-state index in [1.165, 1.54) is 12.4 Å². The van der Waals surface area contributed by atoms with E-state index in [1.807, 2.05) is 0 Å². The van der Waals surface area contributed by atoms with Gasteiger partial charge in [-0.1, -0.05) is 0 Å². The maximum atomic E-state index is 12.8. The number of carbonyl (C=O) groups excluding carboxylic acids is 1. The number of anilines is 1. The van der Waals surface area contributed by atoms with Crippen LogP contribution in [0.2, 0.25) is 0 Å². The van der Waals surface area contributed by atoms with Crippen molar-refractivity contribution in [3.63, 3.8) is 0 Å². The zero-order chi connectivity index (χ0) is 19.0. The van der Waals surface area contributed by atoms with E-state index >= 15 is 0 Å². The molecule has 2 aromatic heterocycles. The lowest BCUT2D eigenvalue weighted by Crippen LogP contribution is -2.52. The Hall–Kier alpha value is -2.24. The number of sulfonamides is 1. The Labute approximate surface area is 157 Å². The third-order valence-electron chi connectivity index (χ3n) is 4.98. The lowest BCUT2D eigenvalue weighted by molar-refractivity contribution is -0.121. The Balaban J connectivity index is 1.50. The Morgan fingerprint density at radius 2 is 2.15 bits per heavy atom. The molecule has 2 aromatic rings. The van der Waals surface area contributed by atoms with E-state index in [4.69, 9.17) is 4.74 Å². The number of amides is 1. The fourth-order valence-corrected chi connectivity index (χ4v) is 4.65. The maximum Gasteiger partial charge on any atom is 0.246 e. The topological polar surface area (TPSA) is 111 Å². The minimum atomic E-state index is -3.85. The molecule has 27 heavy (non-hydrogen) atoms. The quantitative estimate of drug-likeness (QED) is 0.767. The van der Waals surface area contributed by atoms with Gasteiger partial charge in [0.1, 0.15) is 16.8 Å². The van der Waals surface area contributed by atoms with Crippen LogP contribution in [-0.4, -0.2) is 59.7 Å². The summed E-state index contributed by atoms with van der Waals surface area (Å²) < 4.78 is 36.6. The zero-order valence-corrected chi connectivity index (χ0v) is 15.8. The van der Waals surface area contributed by atoms with Gasteiger partial charge in [-0.15, -0.1) is 0 Å². The smallest absolute Gasteiger partial charge is 0.246 e. The summed E-state index contributed by atoms with van der Waals surface area (Å²) >= 11 is 0. The lowest BCUT2D eigenvalue weighted by atomic mass is 10.1. The molecule has 2 atom stereocenters. The first-order valence-corrected chi connectivity index (χ1v) is 10.4. The molecule has 2 aliphatic heterocycles. The molecule has 0 radical (unpaired) electrons. The highest BCUT2D eigenvalue weighted by atomic mass is 32.2. The summed E-state index contributed by atoms with van der Waals surface area (Å²) in [5.74, 6) is 0.378. The Morgan fingerprint density at radius 3 is 2.85 bits per heavy atom. The van der Waals surface area contributed by atoms with E-state index in [0.717, 1.165) is 6.42 Å². The maximum absolute atomic E-state index is 12.8. The van der Waals surface area contributed by atoms with Gasteiger partial charge in [0.2, 0.25) is 15.9 Å². The Bertz CT molecular complexity index is 930. The van der Waals surface area contributed by atoms with Crippen molar-refractivity contribution in [2.75, 3.05) is 24.7 Å². The summed E-state index contributed by atoms with van der Waals surface area (Å²) in [4.78, 5) is 14.4. The molecule has 2 fully saturated rings. The molecule has 11 heteroatoms. The molecule has 0 spiro atoms. The number of aryl methyl sites for hydroxylation is 1. The van der Waals surface area contributed by atoms with E-state index in [2.05, 4.69) is 14.9 Å². The highest BCUT2D eigenvalue weighted by Gasteiger charge is 2.34. The minimum absolute atomic E-state index is 0.0468. The fraction of sp³-hybridized carbons (Fsp3) is 0.562.